The number of thiophene rings is 1. The Morgan fingerprint density at radius 2 is 1.69 bits per heavy atom. The van der Waals surface area contributed by atoms with E-state index in [1.165, 1.54) is 39.1 Å². The van der Waals surface area contributed by atoms with Crippen LogP contribution in [0.15, 0.2) is 76.6 Å². The van der Waals surface area contributed by atoms with Gasteiger partial charge in [0.05, 0.1) is 11.4 Å². The maximum Gasteiger partial charge on any atom is 0.236 e. The standard InChI is InChI=1S/C26H23N5OS3/c1-3-31-24(20-14-33-17(2)23(20)19-12-8-5-9-13-19)29-30-26(31)35-16-22(32)28-25-27-21(15-34-25)18-10-6-4-7-11-18/h4-15H,3,16H2,1-2H3,(H,27,28,32). The molecule has 0 aliphatic rings. The quantitative estimate of drug-likeness (QED) is 0.228. The van der Waals surface area contributed by atoms with Crippen molar-refractivity contribution in [3.05, 3.63) is 76.3 Å². The van der Waals surface area contributed by atoms with Crippen molar-refractivity contribution in [2.75, 3.05) is 11.1 Å². The van der Waals surface area contributed by atoms with Crippen LogP contribution in [0.4, 0.5) is 5.13 Å². The van der Waals surface area contributed by atoms with Gasteiger partial charge in [0.25, 0.3) is 0 Å². The second kappa shape index (κ2) is 10.6. The van der Waals surface area contributed by atoms with E-state index in [1.54, 1.807) is 11.3 Å². The fraction of sp³-hybridized carbons (Fsp3) is 0.154. The molecular weight excluding hydrogens is 495 g/mol. The second-order valence-electron chi connectivity index (χ2n) is 7.74. The van der Waals surface area contributed by atoms with E-state index in [9.17, 15) is 4.79 Å². The summed E-state index contributed by atoms with van der Waals surface area (Å²) in [4.78, 5) is 18.4. The van der Waals surface area contributed by atoms with Crippen LogP contribution in [0.5, 0.6) is 0 Å². The van der Waals surface area contributed by atoms with E-state index in [-0.39, 0.29) is 11.7 Å². The molecule has 0 fully saturated rings. The summed E-state index contributed by atoms with van der Waals surface area (Å²) in [5, 5.41) is 17.2. The number of rotatable bonds is 8. The van der Waals surface area contributed by atoms with E-state index in [2.05, 4.69) is 56.4 Å². The lowest BCUT2D eigenvalue weighted by Gasteiger charge is -2.09. The lowest BCUT2D eigenvalue weighted by atomic mass is 10.0. The van der Waals surface area contributed by atoms with Gasteiger partial charge in [-0.1, -0.05) is 72.4 Å². The van der Waals surface area contributed by atoms with Gasteiger partial charge in [-0.05, 0) is 19.4 Å². The van der Waals surface area contributed by atoms with Crippen LogP contribution < -0.4 is 5.32 Å². The van der Waals surface area contributed by atoms with Crippen LogP contribution in [-0.4, -0.2) is 31.4 Å². The number of thioether (sulfide) groups is 1. The number of aryl methyl sites for hydroxylation is 1. The van der Waals surface area contributed by atoms with Crippen molar-refractivity contribution in [1.29, 1.82) is 0 Å². The maximum atomic E-state index is 12.6. The molecule has 0 aliphatic heterocycles. The number of nitrogens with zero attached hydrogens (tertiary/aromatic N) is 4. The number of aromatic nitrogens is 4. The average Bonchev–Trinajstić information content (AvgIpc) is 3.62. The highest BCUT2D eigenvalue weighted by Gasteiger charge is 2.20. The fourth-order valence-electron chi connectivity index (χ4n) is 3.82. The summed E-state index contributed by atoms with van der Waals surface area (Å²) >= 11 is 4.52. The third-order valence-corrected chi connectivity index (χ3v) is 8.10. The number of anilines is 1. The molecule has 2 aromatic carbocycles. The number of hydrogen-bond donors (Lipinski definition) is 1. The number of amides is 1. The molecule has 9 heteroatoms. The van der Waals surface area contributed by atoms with E-state index in [1.807, 2.05) is 53.9 Å². The van der Waals surface area contributed by atoms with Crippen molar-refractivity contribution >= 4 is 45.5 Å². The minimum atomic E-state index is -0.118. The van der Waals surface area contributed by atoms with Gasteiger partial charge in [0.15, 0.2) is 16.1 Å². The Bertz CT molecular complexity index is 1440. The third kappa shape index (κ3) is 5.07. The zero-order valence-corrected chi connectivity index (χ0v) is 21.7. The molecule has 1 N–H and O–H groups in total. The van der Waals surface area contributed by atoms with E-state index in [0.717, 1.165) is 27.8 Å². The number of benzene rings is 2. The molecule has 5 aromatic rings. The summed E-state index contributed by atoms with van der Waals surface area (Å²) < 4.78 is 2.07. The number of nitrogens with one attached hydrogen (secondary N) is 1. The number of carbonyl (C=O) groups excluding carboxylic acids is 1. The van der Waals surface area contributed by atoms with Crippen molar-refractivity contribution in [3.63, 3.8) is 0 Å². The van der Waals surface area contributed by atoms with Crippen molar-refractivity contribution in [3.8, 4) is 33.8 Å². The zero-order chi connectivity index (χ0) is 24.2. The summed E-state index contributed by atoms with van der Waals surface area (Å²) in [7, 11) is 0. The number of hydrogen-bond acceptors (Lipinski definition) is 7. The van der Waals surface area contributed by atoms with Crippen molar-refractivity contribution in [2.45, 2.75) is 25.5 Å². The van der Waals surface area contributed by atoms with E-state index < -0.39 is 0 Å². The van der Waals surface area contributed by atoms with E-state index in [4.69, 9.17) is 0 Å². The Hall–Kier alpha value is -3.27. The van der Waals surface area contributed by atoms with Crippen molar-refractivity contribution in [1.82, 2.24) is 19.7 Å². The molecule has 0 saturated carbocycles. The Labute approximate surface area is 216 Å². The molecule has 0 bridgehead atoms. The Morgan fingerprint density at radius 3 is 2.40 bits per heavy atom. The van der Waals surface area contributed by atoms with Crippen LogP contribution in [-0.2, 0) is 11.3 Å². The maximum absolute atomic E-state index is 12.6. The molecule has 0 radical (unpaired) electrons. The molecular formula is C26H23N5OS3. The van der Waals surface area contributed by atoms with Crippen molar-refractivity contribution < 1.29 is 4.79 Å². The van der Waals surface area contributed by atoms with E-state index in [0.29, 0.717) is 11.7 Å². The Balaban J connectivity index is 1.30. The van der Waals surface area contributed by atoms with E-state index >= 15 is 0 Å². The summed E-state index contributed by atoms with van der Waals surface area (Å²) in [6, 6.07) is 20.3. The smallest absolute Gasteiger partial charge is 0.236 e. The molecule has 0 unspecified atom stereocenters. The first-order valence-electron chi connectivity index (χ1n) is 11.1. The van der Waals surface area contributed by atoms with Crippen LogP contribution in [0.2, 0.25) is 0 Å². The van der Waals surface area contributed by atoms with Gasteiger partial charge in [-0.2, -0.15) is 0 Å². The normalized spacial score (nSPS) is 11.0. The summed E-state index contributed by atoms with van der Waals surface area (Å²) in [5.74, 6) is 0.936. The molecule has 0 spiro atoms. The average molecular weight is 518 g/mol. The Morgan fingerprint density at radius 1 is 0.971 bits per heavy atom. The molecule has 3 heterocycles. The van der Waals surface area contributed by atoms with Crippen LogP contribution in [0.3, 0.4) is 0 Å². The van der Waals surface area contributed by atoms with Gasteiger partial charge in [0.1, 0.15) is 0 Å². The van der Waals surface area contributed by atoms with Crippen molar-refractivity contribution in [2.24, 2.45) is 0 Å². The monoisotopic (exact) mass is 517 g/mol. The van der Waals surface area contributed by atoms with Gasteiger partial charge in [-0.3, -0.25) is 4.79 Å². The lowest BCUT2D eigenvalue weighted by Crippen LogP contribution is -2.14. The highest BCUT2D eigenvalue weighted by atomic mass is 32.2. The van der Waals surface area contributed by atoms with Crippen LogP contribution in [0, 0.1) is 6.92 Å². The first-order valence-corrected chi connectivity index (χ1v) is 13.9. The summed E-state index contributed by atoms with van der Waals surface area (Å²) in [5.41, 5.74) is 5.30. The van der Waals surface area contributed by atoms with Gasteiger partial charge < -0.3 is 9.88 Å². The first kappa shape index (κ1) is 23.5. The highest BCUT2D eigenvalue weighted by Crippen LogP contribution is 2.39. The van der Waals surface area contributed by atoms with Gasteiger partial charge in [0.2, 0.25) is 5.91 Å². The molecule has 3 aromatic heterocycles. The molecule has 5 rings (SSSR count). The molecule has 176 valence electrons. The minimum absolute atomic E-state index is 0.118. The van der Waals surface area contributed by atoms with Gasteiger partial charge in [0, 0.05) is 38.9 Å². The molecule has 0 saturated heterocycles. The third-order valence-electron chi connectivity index (χ3n) is 5.46. The van der Waals surface area contributed by atoms with Gasteiger partial charge >= 0.3 is 0 Å². The topological polar surface area (TPSA) is 72.7 Å². The van der Waals surface area contributed by atoms with Gasteiger partial charge in [-0.15, -0.1) is 32.9 Å². The molecule has 6 nitrogen and oxygen atoms in total. The molecule has 1 amide bonds. The highest BCUT2D eigenvalue weighted by molar-refractivity contribution is 7.99. The van der Waals surface area contributed by atoms with Crippen LogP contribution in [0.1, 0.15) is 11.8 Å². The SMILES string of the molecule is CCn1c(SCC(=O)Nc2nc(-c3ccccc3)cs2)nnc1-c1csc(C)c1-c1ccccc1. The largest absolute Gasteiger partial charge is 0.302 e. The minimum Gasteiger partial charge on any atom is -0.302 e. The predicted molar refractivity (Wildman–Crippen MR) is 146 cm³/mol. The summed E-state index contributed by atoms with van der Waals surface area (Å²) in [6.07, 6.45) is 0. The zero-order valence-electron chi connectivity index (χ0n) is 19.3. The van der Waals surface area contributed by atoms with Gasteiger partial charge in [-0.25, -0.2) is 4.98 Å². The first-order chi connectivity index (χ1) is 17.1. The Kier molecular flexibility index (Phi) is 7.08. The van der Waals surface area contributed by atoms with Crippen LogP contribution in [0.25, 0.3) is 33.8 Å². The second-order valence-corrected chi connectivity index (χ2v) is 10.6. The molecule has 0 atom stereocenters. The molecule has 35 heavy (non-hydrogen) atoms. The number of carbonyl (C=O) groups is 1. The predicted octanol–water partition coefficient (Wildman–Crippen LogP) is 6.86. The molecule has 0 aliphatic carbocycles. The fourth-order valence-corrected chi connectivity index (χ4v) is 6.22. The van der Waals surface area contributed by atoms with Crippen LogP contribution >= 0.6 is 34.4 Å². The summed E-state index contributed by atoms with van der Waals surface area (Å²) in [6.45, 7) is 4.91. The number of thiazole rings is 1. The lowest BCUT2D eigenvalue weighted by molar-refractivity contribution is -0.113.